The summed E-state index contributed by atoms with van der Waals surface area (Å²) in [5.74, 6) is -1.17. The van der Waals surface area contributed by atoms with E-state index in [4.69, 9.17) is 5.11 Å². The number of rotatable bonds is 7. The van der Waals surface area contributed by atoms with Crippen molar-refractivity contribution < 1.29 is 19.4 Å². The molecule has 0 aromatic rings. The third-order valence-corrected chi connectivity index (χ3v) is 2.46. The smallest absolute Gasteiger partial charge is 0.331 e. The van der Waals surface area contributed by atoms with Crippen LogP contribution in [-0.2, 0) is 14.3 Å². The first-order chi connectivity index (χ1) is 7.93. The highest BCUT2D eigenvalue weighted by atomic mass is 16.5. The van der Waals surface area contributed by atoms with Crippen molar-refractivity contribution in [1.29, 1.82) is 0 Å². The van der Waals surface area contributed by atoms with Crippen LogP contribution in [0, 0.1) is 5.92 Å². The molecule has 5 heteroatoms. The number of carboxylic acids is 1. The van der Waals surface area contributed by atoms with Gasteiger partial charge in [0.25, 0.3) is 0 Å². The molecule has 0 radical (unpaired) electrons. The highest BCUT2D eigenvalue weighted by Crippen LogP contribution is 2.04. The average Bonchev–Trinajstić information content (AvgIpc) is 2.27. The van der Waals surface area contributed by atoms with Gasteiger partial charge in [-0.25, -0.2) is 4.79 Å². The van der Waals surface area contributed by atoms with Crippen LogP contribution < -0.4 is 5.32 Å². The van der Waals surface area contributed by atoms with Crippen molar-refractivity contribution in [2.75, 3.05) is 13.7 Å². The van der Waals surface area contributed by atoms with Crippen molar-refractivity contribution in [3.05, 3.63) is 11.6 Å². The van der Waals surface area contributed by atoms with Gasteiger partial charge in [0.15, 0.2) is 0 Å². The normalized spacial score (nSPS) is 13.6. The standard InChI is InChI=1S/C12H21NO4/c1-5-9(11(14)15)6-7-13-10(8(2)3)12(16)17-4/h6,8,10,13H,5,7H2,1-4H3,(H,14,15). The van der Waals surface area contributed by atoms with Gasteiger partial charge >= 0.3 is 11.9 Å². The van der Waals surface area contributed by atoms with Crippen molar-refractivity contribution in [3.8, 4) is 0 Å². The summed E-state index contributed by atoms with van der Waals surface area (Å²) in [7, 11) is 1.34. The van der Waals surface area contributed by atoms with Crippen LogP contribution in [0.25, 0.3) is 0 Å². The van der Waals surface area contributed by atoms with E-state index in [2.05, 4.69) is 10.1 Å². The van der Waals surface area contributed by atoms with Gasteiger partial charge < -0.3 is 15.2 Å². The van der Waals surface area contributed by atoms with Gasteiger partial charge in [0.2, 0.25) is 0 Å². The second-order valence-corrected chi connectivity index (χ2v) is 4.04. The zero-order chi connectivity index (χ0) is 13.4. The lowest BCUT2D eigenvalue weighted by Gasteiger charge is -2.18. The molecule has 0 saturated carbocycles. The molecule has 17 heavy (non-hydrogen) atoms. The second kappa shape index (κ2) is 7.84. The molecule has 0 bridgehead atoms. The molecule has 0 spiro atoms. The fraction of sp³-hybridized carbons (Fsp3) is 0.667. The summed E-state index contributed by atoms with van der Waals surface area (Å²) in [5, 5.41) is 11.8. The Morgan fingerprint density at radius 2 is 2.00 bits per heavy atom. The molecule has 0 aromatic heterocycles. The van der Waals surface area contributed by atoms with Gasteiger partial charge in [0.05, 0.1) is 7.11 Å². The van der Waals surface area contributed by atoms with Crippen LogP contribution in [0.15, 0.2) is 11.6 Å². The number of esters is 1. The predicted octanol–water partition coefficient (Wildman–Crippen LogP) is 1.19. The Hall–Kier alpha value is -1.36. The maximum atomic E-state index is 11.4. The maximum Gasteiger partial charge on any atom is 0.331 e. The van der Waals surface area contributed by atoms with Crippen LogP contribution in [0.5, 0.6) is 0 Å². The Morgan fingerprint density at radius 1 is 1.41 bits per heavy atom. The molecule has 1 unspecified atom stereocenters. The molecule has 1 atom stereocenters. The van der Waals surface area contributed by atoms with Crippen molar-refractivity contribution in [3.63, 3.8) is 0 Å². The van der Waals surface area contributed by atoms with Crippen LogP contribution in [0.4, 0.5) is 0 Å². The third kappa shape index (κ3) is 5.49. The topological polar surface area (TPSA) is 75.6 Å². The highest BCUT2D eigenvalue weighted by molar-refractivity contribution is 5.86. The number of carbonyl (C=O) groups is 2. The van der Waals surface area contributed by atoms with E-state index in [1.807, 2.05) is 13.8 Å². The lowest BCUT2D eigenvalue weighted by Crippen LogP contribution is -2.41. The molecule has 0 aliphatic rings. The molecule has 98 valence electrons. The van der Waals surface area contributed by atoms with Crippen LogP contribution in [0.3, 0.4) is 0 Å². The fourth-order valence-electron chi connectivity index (χ4n) is 1.41. The minimum atomic E-state index is -0.923. The minimum Gasteiger partial charge on any atom is -0.478 e. The first-order valence-electron chi connectivity index (χ1n) is 5.67. The molecule has 2 N–H and O–H groups in total. The summed E-state index contributed by atoms with van der Waals surface area (Å²) in [4.78, 5) is 22.2. The summed E-state index contributed by atoms with van der Waals surface area (Å²) in [6, 6.07) is -0.414. The SMILES string of the molecule is CCC(=CCNC(C(=O)OC)C(C)C)C(=O)O. The number of ether oxygens (including phenoxy) is 1. The Bertz CT molecular complexity index is 297. The monoisotopic (exact) mass is 243 g/mol. The summed E-state index contributed by atoms with van der Waals surface area (Å²) in [6.45, 7) is 5.92. The van der Waals surface area contributed by atoms with E-state index in [1.54, 1.807) is 13.0 Å². The Balaban J connectivity index is 4.41. The lowest BCUT2D eigenvalue weighted by atomic mass is 10.0. The van der Waals surface area contributed by atoms with Crippen molar-refractivity contribution in [2.24, 2.45) is 5.92 Å². The Morgan fingerprint density at radius 3 is 2.35 bits per heavy atom. The molecule has 0 aromatic carbocycles. The van der Waals surface area contributed by atoms with Gasteiger partial charge in [-0.2, -0.15) is 0 Å². The van der Waals surface area contributed by atoms with Crippen LogP contribution in [0.1, 0.15) is 27.2 Å². The van der Waals surface area contributed by atoms with Crippen LogP contribution >= 0.6 is 0 Å². The number of aliphatic carboxylic acids is 1. The number of methoxy groups -OCH3 is 1. The van der Waals surface area contributed by atoms with E-state index in [0.29, 0.717) is 18.5 Å². The molecule has 0 fully saturated rings. The summed E-state index contributed by atoms with van der Waals surface area (Å²) >= 11 is 0. The van der Waals surface area contributed by atoms with Crippen molar-refractivity contribution in [1.82, 2.24) is 5.32 Å². The van der Waals surface area contributed by atoms with Gasteiger partial charge in [-0.05, 0) is 12.3 Å². The van der Waals surface area contributed by atoms with Gasteiger partial charge in [0, 0.05) is 12.1 Å². The maximum absolute atomic E-state index is 11.4. The number of hydrogen-bond acceptors (Lipinski definition) is 4. The van der Waals surface area contributed by atoms with E-state index in [1.165, 1.54) is 7.11 Å². The van der Waals surface area contributed by atoms with E-state index in [-0.39, 0.29) is 11.9 Å². The number of nitrogens with one attached hydrogen (secondary N) is 1. The van der Waals surface area contributed by atoms with E-state index in [9.17, 15) is 9.59 Å². The first kappa shape index (κ1) is 15.6. The molecule has 0 amide bonds. The molecule has 0 aliphatic carbocycles. The van der Waals surface area contributed by atoms with Crippen molar-refractivity contribution >= 4 is 11.9 Å². The molecule has 5 nitrogen and oxygen atoms in total. The highest BCUT2D eigenvalue weighted by Gasteiger charge is 2.21. The molecular formula is C12H21NO4. The van der Waals surface area contributed by atoms with Crippen molar-refractivity contribution in [2.45, 2.75) is 33.2 Å². The molecule has 0 aliphatic heterocycles. The second-order valence-electron chi connectivity index (χ2n) is 4.04. The third-order valence-electron chi connectivity index (χ3n) is 2.46. The molecule has 0 rings (SSSR count). The summed E-state index contributed by atoms with van der Waals surface area (Å²) < 4.78 is 4.67. The van der Waals surface area contributed by atoms with E-state index in [0.717, 1.165) is 0 Å². The molecular weight excluding hydrogens is 222 g/mol. The minimum absolute atomic E-state index is 0.0887. The van der Waals surface area contributed by atoms with Gasteiger partial charge in [0.1, 0.15) is 6.04 Å². The van der Waals surface area contributed by atoms with Gasteiger partial charge in [-0.15, -0.1) is 0 Å². The van der Waals surface area contributed by atoms with E-state index >= 15 is 0 Å². The zero-order valence-electron chi connectivity index (χ0n) is 10.8. The molecule has 0 heterocycles. The summed E-state index contributed by atoms with van der Waals surface area (Å²) in [5.41, 5.74) is 0.338. The Kier molecular flexibility index (Phi) is 7.21. The quantitative estimate of drug-likeness (QED) is 0.519. The summed E-state index contributed by atoms with van der Waals surface area (Å²) in [6.07, 6.45) is 2.04. The largest absolute Gasteiger partial charge is 0.478 e. The van der Waals surface area contributed by atoms with Gasteiger partial charge in [-0.1, -0.05) is 26.8 Å². The average molecular weight is 243 g/mol. The first-order valence-corrected chi connectivity index (χ1v) is 5.67. The predicted molar refractivity (Wildman–Crippen MR) is 64.7 cm³/mol. The fourth-order valence-corrected chi connectivity index (χ4v) is 1.41. The molecule has 0 saturated heterocycles. The van der Waals surface area contributed by atoms with Crippen LogP contribution in [-0.4, -0.2) is 36.7 Å². The van der Waals surface area contributed by atoms with Crippen LogP contribution in [0.2, 0.25) is 0 Å². The lowest BCUT2D eigenvalue weighted by molar-refractivity contribution is -0.144. The number of carbonyl (C=O) groups excluding carboxylic acids is 1. The Labute approximate surface area is 102 Å². The van der Waals surface area contributed by atoms with E-state index < -0.39 is 12.0 Å². The zero-order valence-corrected chi connectivity index (χ0v) is 10.8. The number of carboxylic acid groups (broad SMARTS) is 1. The van der Waals surface area contributed by atoms with Gasteiger partial charge in [-0.3, -0.25) is 4.79 Å². The number of hydrogen-bond donors (Lipinski definition) is 2.